The first-order chi connectivity index (χ1) is 11.9. The van der Waals surface area contributed by atoms with Crippen molar-refractivity contribution in [2.24, 2.45) is 5.92 Å². The third-order valence-corrected chi connectivity index (χ3v) is 6.28. The van der Waals surface area contributed by atoms with Crippen LogP contribution in [0.3, 0.4) is 0 Å². The first kappa shape index (κ1) is 19.2. The Morgan fingerprint density at radius 1 is 1.36 bits per heavy atom. The Bertz CT molecular complexity index is 764. The molecule has 1 aliphatic rings. The van der Waals surface area contributed by atoms with Gasteiger partial charge in [-0.2, -0.15) is 4.31 Å². The van der Waals surface area contributed by atoms with Crippen molar-refractivity contribution in [3.05, 3.63) is 24.3 Å². The van der Waals surface area contributed by atoms with Crippen LogP contribution in [0.2, 0.25) is 0 Å². The lowest BCUT2D eigenvalue weighted by atomic mass is 10.0. The predicted molar refractivity (Wildman–Crippen MR) is 91.4 cm³/mol. The Hall–Kier alpha value is -2.08. The molecule has 1 amide bonds. The molecule has 0 spiro atoms. The van der Waals surface area contributed by atoms with Crippen LogP contribution in [0, 0.1) is 17.8 Å². The number of hydrogen-bond donors (Lipinski definition) is 2. The fourth-order valence-electron chi connectivity index (χ4n) is 3.01. The van der Waals surface area contributed by atoms with Gasteiger partial charge in [-0.25, -0.2) is 13.9 Å². The number of rotatable bonds is 6. The Morgan fingerprint density at radius 3 is 2.64 bits per heavy atom. The fraction of sp³-hybridized carbons (Fsp3) is 0.471. The van der Waals surface area contributed by atoms with Crippen molar-refractivity contribution in [2.45, 2.75) is 37.1 Å². The highest BCUT2D eigenvalue weighted by Gasteiger charge is 2.40. The molecule has 1 saturated carbocycles. The number of sulfonamides is 1. The zero-order valence-electron chi connectivity index (χ0n) is 14.2. The van der Waals surface area contributed by atoms with Crippen molar-refractivity contribution in [1.29, 1.82) is 0 Å². The van der Waals surface area contributed by atoms with Crippen molar-refractivity contribution in [2.75, 3.05) is 13.7 Å². The van der Waals surface area contributed by atoms with Gasteiger partial charge >= 0.3 is 0 Å². The molecule has 7 nitrogen and oxygen atoms in total. The minimum absolute atomic E-state index is 0.124. The number of nitrogens with zero attached hydrogens (tertiary/aromatic N) is 1. The molecule has 1 fully saturated rings. The Labute approximate surface area is 148 Å². The average Bonchev–Trinajstić information content (AvgIpc) is 3.10. The summed E-state index contributed by atoms with van der Waals surface area (Å²) in [5.74, 6) is 4.89. The molecule has 1 aromatic rings. The highest BCUT2D eigenvalue weighted by Crippen LogP contribution is 2.32. The summed E-state index contributed by atoms with van der Waals surface area (Å²) >= 11 is 0. The molecule has 25 heavy (non-hydrogen) atoms. The van der Waals surface area contributed by atoms with Gasteiger partial charge in [0, 0.05) is 13.1 Å². The lowest BCUT2D eigenvalue weighted by molar-refractivity contribution is -0.134. The van der Waals surface area contributed by atoms with E-state index in [2.05, 4.69) is 11.8 Å². The topological polar surface area (TPSA) is 95.9 Å². The van der Waals surface area contributed by atoms with Gasteiger partial charge in [-0.15, -0.1) is 5.92 Å². The molecule has 0 aromatic heterocycles. The summed E-state index contributed by atoms with van der Waals surface area (Å²) in [5.41, 5.74) is 1.63. The zero-order valence-corrected chi connectivity index (χ0v) is 15.0. The summed E-state index contributed by atoms with van der Waals surface area (Å²) in [7, 11) is -2.29. The third-order valence-electron chi connectivity index (χ3n) is 4.38. The van der Waals surface area contributed by atoms with Crippen molar-refractivity contribution in [3.8, 4) is 17.6 Å². The quantitative estimate of drug-likeness (QED) is 0.450. The van der Waals surface area contributed by atoms with E-state index in [0.717, 1.165) is 6.42 Å². The highest BCUT2D eigenvalue weighted by atomic mass is 32.2. The van der Waals surface area contributed by atoms with Gasteiger partial charge in [-0.05, 0) is 44.0 Å². The number of carbonyl (C=O) groups is 1. The van der Waals surface area contributed by atoms with E-state index in [1.165, 1.54) is 23.5 Å². The van der Waals surface area contributed by atoms with Crippen molar-refractivity contribution >= 4 is 15.9 Å². The molecule has 2 N–H and O–H groups in total. The van der Waals surface area contributed by atoms with Crippen LogP contribution in [0.15, 0.2) is 29.2 Å². The average molecular weight is 366 g/mol. The second-order valence-electron chi connectivity index (χ2n) is 5.79. The number of amides is 1. The summed E-state index contributed by atoms with van der Waals surface area (Å²) in [6.45, 7) is 1.95. The summed E-state index contributed by atoms with van der Waals surface area (Å²) in [5, 5.41) is 8.84. The SMILES string of the molecule is CC#CCOc1ccc(S(=O)(=O)N(C)[C@H]2CCC[C@H]2C(=O)NO)cc1. The summed E-state index contributed by atoms with van der Waals surface area (Å²) in [6, 6.07) is 5.61. The van der Waals surface area contributed by atoms with Crippen LogP contribution in [0.4, 0.5) is 0 Å². The van der Waals surface area contributed by atoms with Crippen LogP contribution in [-0.2, 0) is 14.8 Å². The highest BCUT2D eigenvalue weighted by molar-refractivity contribution is 7.89. The van der Waals surface area contributed by atoms with Gasteiger partial charge in [-0.3, -0.25) is 10.0 Å². The van der Waals surface area contributed by atoms with Crippen molar-refractivity contribution < 1.29 is 23.2 Å². The van der Waals surface area contributed by atoms with Crippen LogP contribution in [0.25, 0.3) is 0 Å². The first-order valence-electron chi connectivity index (χ1n) is 7.96. The monoisotopic (exact) mass is 366 g/mol. The molecular weight excluding hydrogens is 344 g/mol. The van der Waals surface area contributed by atoms with Gasteiger partial charge in [-0.1, -0.05) is 12.3 Å². The standard InChI is InChI=1S/C17H22N2O5S/c1-3-4-12-24-13-8-10-14(11-9-13)25(22,23)19(2)16-7-5-6-15(16)17(20)18-21/h8-11,15-16,21H,5-7,12H2,1-2H3,(H,18,20)/t15-,16+/m1/s1. The number of hydrogen-bond acceptors (Lipinski definition) is 5. The van der Waals surface area contributed by atoms with Gasteiger partial charge in [0.15, 0.2) is 0 Å². The Morgan fingerprint density at radius 2 is 2.04 bits per heavy atom. The Balaban J connectivity index is 2.16. The predicted octanol–water partition coefficient (Wildman–Crippen LogP) is 1.38. The first-order valence-corrected chi connectivity index (χ1v) is 9.40. The Kier molecular flexibility index (Phi) is 6.42. The maximum atomic E-state index is 12.8. The molecule has 0 aliphatic heterocycles. The van der Waals surface area contributed by atoms with Crippen LogP contribution in [-0.4, -0.2) is 43.5 Å². The van der Waals surface area contributed by atoms with E-state index in [-0.39, 0.29) is 11.5 Å². The minimum Gasteiger partial charge on any atom is -0.481 e. The van der Waals surface area contributed by atoms with Gasteiger partial charge in [0.1, 0.15) is 12.4 Å². The van der Waals surface area contributed by atoms with Gasteiger partial charge in [0.05, 0.1) is 10.8 Å². The molecule has 0 radical (unpaired) electrons. The summed E-state index contributed by atoms with van der Waals surface area (Å²) in [6.07, 6.45) is 1.85. The van der Waals surface area contributed by atoms with E-state index < -0.39 is 27.9 Å². The van der Waals surface area contributed by atoms with Crippen molar-refractivity contribution in [1.82, 2.24) is 9.79 Å². The van der Waals surface area contributed by atoms with Crippen LogP contribution in [0.5, 0.6) is 5.75 Å². The largest absolute Gasteiger partial charge is 0.481 e. The number of ether oxygens (including phenoxy) is 1. The fourth-order valence-corrected chi connectivity index (χ4v) is 4.43. The van der Waals surface area contributed by atoms with Crippen molar-refractivity contribution in [3.63, 3.8) is 0 Å². The number of hydroxylamine groups is 1. The molecule has 0 saturated heterocycles. The van der Waals surface area contributed by atoms with Gasteiger partial charge < -0.3 is 4.74 Å². The number of nitrogens with one attached hydrogen (secondary N) is 1. The second-order valence-corrected chi connectivity index (χ2v) is 7.79. The molecule has 1 aromatic carbocycles. The maximum Gasteiger partial charge on any atom is 0.248 e. The molecule has 1 aliphatic carbocycles. The lowest BCUT2D eigenvalue weighted by Gasteiger charge is -2.28. The number of benzene rings is 1. The zero-order chi connectivity index (χ0) is 18.4. The van der Waals surface area contributed by atoms with E-state index in [1.54, 1.807) is 24.5 Å². The van der Waals surface area contributed by atoms with Crippen LogP contribution in [0.1, 0.15) is 26.2 Å². The van der Waals surface area contributed by atoms with Gasteiger partial charge in [0.25, 0.3) is 0 Å². The van der Waals surface area contributed by atoms with E-state index in [4.69, 9.17) is 9.94 Å². The molecular formula is C17H22N2O5S. The summed E-state index contributed by atoms with van der Waals surface area (Å²) < 4.78 is 32.2. The molecule has 0 heterocycles. The van der Waals surface area contributed by atoms with E-state index in [1.807, 2.05) is 0 Å². The molecule has 8 heteroatoms. The van der Waals surface area contributed by atoms with Crippen LogP contribution < -0.4 is 10.2 Å². The molecule has 2 atom stereocenters. The second kappa shape index (κ2) is 8.34. The lowest BCUT2D eigenvalue weighted by Crippen LogP contribution is -2.44. The van der Waals surface area contributed by atoms with E-state index >= 15 is 0 Å². The normalized spacial score (nSPS) is 20.0. The summed E-state index contributed by atoms with van der Waals surface area (Å²) in [4.78, 5) is 11.9. The third kappa shape index (κ3) is 4.31. The smallest absolute Gasteiger partial charge is 0.248 e. The molecule has 136 valence electrons. The molecule has 0 bridgehead atoms. The molecule has 0 unspecified atom stereocenters. The van der Waals surface area contributed by atoms with E-state index in [0.29, 0.717) is 18.6 Å². The van der Waals surface area contributed by atoms with E-state index in [9.17, 15) is 13.2 Å². The maximum absolute atomic E-state index is 12.8. The molecule has 2 rings (SSSR count). The van der Waals surface area contributed by atoms with Gasteiger partial charge in [0.2, 0.25) is 15.9 Å². The van der Waals surface area contributed by atoms with Crippen LogP contribution >= 0.6 is 0 Å². The minimum atomic E-state index is -3.75. The number of carbonyl (C=O) groups excluding carboxylic acids is 1.